The third kappa shape index (κ3) is 52.1. The van der Waals surface area contributed by atoms with Crippen molar-refractivity contribution < 1.29 is 136 Å². The molecule has 0 aliphatic rings. The van der Waals surface area contributed by atoms with Crippen molar-refractivity contribution in [3.05, 3.63) is 0 Å². The van der Waals surface area contributed by atoms with E-state index in [0.717, 1.165) is 0 Å². The van der Waals surface area contributed by atoms with E-state index >= 15 is 0 Å². The maximum atomic E-state index is 10.5. The Kier molecular flexibility index (Phi) is 29.4. The normalized spacial score (nSPS) is 10.1. The predicted octanol–water partition coefficient (Wildman–Crippen LogP) is -2.22. The molecule has 206 valence electrons. The van der Waals surface area contributed by atoms with E-state index < -0.39 is 48.6 Å². The number of carbonyl (C=O) groups excluding carboxylic acids is 5. The second-order valence-corrected chi connectivity index (χ2v) is 4.05. The first-order valence-corrected chi connectivity index (χ1v) is 6.10. The van der Waals surface area contributed by atoms with Gasteiger partial charge in [-0.2, -0.15) is 52.7 Å². The van der Waals surface area contributed by atoms with Gasteiger partial charge in [-0.1, -0.05) is 0 Å². The molecule has 0 saturated carbocycles. The van der Waals surface area contributed by atoms with Gasteiger partial charge in [-0.15, -0.1) is 0 Å². The quantitative estimate of drug-likeness (QED) is 0.199. The zero-order valence-electron chi connectivity index (χ0n) is 15.4. The fourth-order valence-corrected chi connectivity index (χ4v) is 0. The number of alkyl halides is 12. The Balaban J connectivity index is -0.0000000534. The van der Waals surface area contributed by atoms with Gasteiger partial charge < -0.3 is 44.4 Å². The number of aliphatic carboxylic acids is 4. The van der Waals surface area contributed by atoms with Gasteiger partial charge in [0.05, 0.1) is 0 Å². The summed E-state index contributed by atoms with van der Waals surface area (Å²) in [5.74, 6) is -11.9. The van der Waals surface area contributed by atoms with Gasteiger partial charge >= 0.3 is 63.7 Å². The molecule has 0 aromatic heterocycles. The topological polar surface area (TPSA) is 178 Å². The third-order valence-electron chi connectivity index (χ3n) is 0.926. The van der Waals surface area contributed by atoms with Crippen LogP contribution >= 0.6 is 0 Å². The Hall–Kier alpha value is -2.04. The number of rotatable bonds is 0. The third-order valence-corrected chi connectivity index (χ3v) is 0.926. The molecule has 0 spiro atoms. The molecule has 0 fully saturated rings. The molecule has 0 saturated heterocycles. The summed E-state index contributed by atoms with van der Waals surface area (Å²) >= 11 is 0. The maximum absolute atomic E-state index is 10.5. The van der Waals surface area contributed by atoms with Crippen molar-refractivity contribution >= 4 is 29.7 Å². The van der Waals surface area contributed by atoms with Crippen molar-refractivity contribution in [2.24, 2.45) is 0 Å². The fraction of sp³-hybridized carbons (Fsp3) is 0.545. The van der Waals surface area contributed by atoms with Crippen LogP contribution in [-0.4, -0.2) is 54.4 Å². The van der Waals surface area contributed by atoms with Crippen molar-refractivity contribution in [2.45, 2.75) is 38.6 Å². The molecular weight excluding hydrogens is 710 g/mol. The van der Waals surface area contributed by atoms with E-state index in [9.17, 15) is 57.5 Å². The van der Waals surface area contributed by atoms with Crippen molar-refractivity contribution in [1.29, 1.82) is 0 Å². The van der Waals surface area contributed by atoms with Gasteiger partial charge in [0.15, 0.2) is 0 Å². The van der Waals surface area contributed by atoms with E-state index in [4.69, 9.17) is 39.6 Å². The van der Waals surface area contributed by atoms with Gasteiger partial charge in [-0.3, -0.25) is 0 Å². The van der Waals surface area contributed by atoms with Gasteiger partial charge in [0.2, 0.25) is 0 Å². The van der Waals surface area contributed by atoms with Gasteiger partial charge in [0.1, 0.15) is 29.7 Å². The summed E-state index contributed by atoms with van der Waals surface area (Å²) in [7, 11) is 0. The molecule has 2 radical (unpaired) electrons. The van der Waals surface area contributed by atoms with Crippen LogP contribution in [0.25, 0.3) is 0 Å². The van der Waals surface area contributed by atoms with Gasteiger partial charge in [0.25, 0.3) is 0 Å². The first kappa shape index (κ1) is 49.2. The zero-order valence-corrected chi connectivity index (χ0v) is 18.7. The number of halogens is 12. The summed E-state index contributed by atoms with van der Waals surface area (Å²) in [4.78, 5) is 44.6. The van der Waals surface area contributed by atoms with Crippen LogP contribution in [0.1, 0.15) is 13.8 Å². The van der Waals surface area contributed by atoms with Gasteiger partial charge in [-0.05, 0) is 13.8 Å². The summed E-state index contributed by atoms with van der Waals surface area (Å²) in [5, 5.41) is 35.1. The number of hydrogen-bond donors (Lipinski definition) is 0. The summed E-state index contributed by atoms with van der Waals surface area (Å²) < 4.78 is 126. The molecular formula is C11H6F12O9Rh2. The van der Waals surface area contributed by atoms with E-state index in [1.807, 2.05) is 0 Å². The molecule has 0 atom stereocenters. The van der Waals surface area contributed by atoms with E-state index in [1.165, 1.54) is 13.8 Å². The molecule has 0 amide bonds. The minimum Gasteiger partial charge on any atom is -0.542 e. The Morgan fingerprint density at radius 1 is 0.412 bits per heavy atom. The van der Waals surface area contributed by atoms with Crippen LogP contribution in [0.3, 0.4) is 0 Å². The monoisotopic (exact) mass is 716 g/mol. The SMILES string of the molecule is CC(C)=O.O=C([O-])C(F)(F)F.O=C([O-])C(F)(F)F.O=C([O-])C(F)(F)F.O=C([O-])C(F)(F)F.[Rh+2].[Rh+2]. The van der Waals surface area contributed by atoms with Crippen LogP contribution < -0.4 is 20.4 Å². The number of hydrogen-bond acceptors (Lipinski definition) is 9. The molecule has 0 aliphatic carbocycles. The molecule has 0 bridgehead atoms. The first-order valence-electron chi connectivity index (χ1n) is 6.10. The smallest absolute Gasteiger partial charge is 0.542 e. The number of carboxylic acids is 4. The summed E-state index contributed by atoms with van der Waals surface area (Å²) in [5.41, 5.74) is 0. The first-order chi connectivity index (χ1) is 13.5. The minimum absolute atomic E-state index is 0. The molecule has 0 unspecified atom stereocenters. The van der Waals surface area contributed by atoms with Crippen molar-refractivity contribution in [2.75, 3.05) is 0 Å². The van der Waals surface area contributed by atoms with E-state index in [0.29, 0.717) is 0 Å². The minimum atomic E-state index is -5.19. The summed E-state index contributed by atoms with van der Waals surface area (Å²) in [6.45, 7) is 3.06. The Morgan fingerprint density at radius 2 is 0.441 bits per heavy atom. The molecule has 23 heteroatoms. The average molecular weight is 716 g/mol. The second-order valence-electron chi connectivity index (χ2n) is 4.05. The zero-order chi connectivity index (χ0) is 27.9. The van der Waals surface area contributed by atoms with Crippen molar-refractivity contribution in [1.82, 2.24) is 0 Å². The van der Waals surface area contributed by atoms with Gasteiger partial charge in [0, 0.05) is 0 Å². The standard InChI is InChI=1S/C3H6O.4C2HF3O2.2Rh/c1-3(2)4;4*3-2(4,5)1(6)7;;/h1-2H3;4*(H,6,7);;/q;;;;;2*+2/p-4. The number of ketones is 1. The summed E-state index contributed by atoms with van der Waals surface area (Å²) in [6, 6.07) is 0. The number of Topliss-reactive ketones (excluding diaryl/α,β-unsaturated/α-hetero) is 1. The Labute approximate surface area is 204 Å². The number of carboxylic acid groups (broad SMARTS) is 4. The van der Waals surface area contributed by atoms with Gasteiger partial charge in [-0.25, -0.2) is 0 Å². The second kappa shape index (κ2) is 20.3. The predicted molar refractivity (Wildman–Crippen MR) is 60.6 cm³/mol. The molecule has 0 aliphatic heterocycles. The van der Waals surface area contributed by atoms with E-state index in [-0.39, 0.29) is 44.7 Å². The van der Waals surface area contributed by atoms with Crippen LogP contribution in [0.2, 0.25) is 0 Å². The van der Waals surface area contributed by atoms with Crippen molar-refractivity contribution in [3.8, 4) is 0 Å². The van der Waals surface area contributed by atoms with E-state index in [1.54, 1.807) is 0 Å². The fourth-order valence-electron chi connectivity index (χ4n) is 0. The summed E-state index contributed by atoms with van der Waals surface area (Å²) in [6.07, 6.45) is -20.8. The Bertz CT molecular complexity index is 525. The van der Waals surface area contributed by atoms with E-state index in [2.05, 4.69) is 0 Å². The average Bonchev–Trinajstić information content (AvgIpc) is 2.44. The molecule has 0 heterocycles. The van der Waals surface area contributed by atoms with Crippen LogP contribution in [0.4, 0.5) is 52.7 Å². The molecule has 0 aromatic rings. The number of carbonyl (C=O) groups is 5. The Morgan fingerprint density at radius 3 is 0.441 bits per heavy atom. The van der Waals surface area contributed by atoms with Crippen LogP contribution in [-0.2, 0) is 62.9 Å². The molecule has 0 N–H and O–H groups in total. The molecule has 34 heavy (non-hydrogen) atoms. The molecule has 0 rings (SSSR count). The van der Waals surface area contributed by atoms with Crippen LogP contribution in [0, 0.1) is 0 Å². The van der Waals surface area contributed by atoms with Crippen LogP contribution in [0.15, 0.2) is 0 Å². The maximum Gasteiger partial charge on any atom is 2.00 e. The molecule has 0 aromatic carbocycles. The largest absolute Gasteiger partial charge is 2.00 e. The van der Waals surface area contributed by atoms with Crippen LogP contribution in [0.5, 0.6) is 0 Å². The molecule has 9 nitrogen and oxygen atoms in total. The van der Waals surface area contributed by atoms with Crippen molar-refractivity contribution in [3.63, 3.8) is 0 Å².